The van der Waals surface area contributed by atoms with Crippen molar-refractivity contribution in [3.05, 3.63) is 58.6 Å². The van der Waals surface area contributed by atoms with Crippen molar-refractivity contribution in [2.24, 2.45) is 0 Å². The molecular formula is C15H14ClNO3. The van der Waals surface area contributed by atoms with Crippen LogP contribution in [0.25, 0.3) is 0 Å². The van der Waals surface area contributed by atoms with Crippen LogP contribution in [-0.2, 0) is 6.54 Å². The standard InChI is InChI=1S/C15H14ClNO3/c1-20-11-6-7-13(16)14(8-11)17-9-10-4-2-3-5-12(10)15(18)19/h2-8,17H,9H2,1H3,(H,18,19). The molecule has 0 radical (unpaired) electrons. The second-order valence-corrected chi connectivity index (χ2v) is 4.57. The molecule has 104 valence electrons. The summed E-state index contributed by atoms with van der Waals surface area (Å²) in [6.45, 7) is 0.370. The number of benzene rings is 2. The molecule has 5 heteroatoms. The number of hydrogen-bond acceptors (Lipinski definition) is 3. The van der Waals surface area contributed by atoms with Crippen LogP contribution in [0.4, 0.5) is 5.69 Å². The molecule has 2 rings (SSSR count). The van der Waals surface area contributed by atoms with Gasteiger partial charge in [0.2, 0.25) is 0 Å². The highest BCUT2D eigenvalue weighted by Crippen LogP contribution is 2.27. The predicted molar refractivity (Wildman–Crippen MR) is 78.7 cm³/mol. The summed E-state index contributed by atoms with van der Waals surface area (Å²) >= 11 is 6.09. The van der Waals surface area contributed by atoms with Crippen molar-refractivity contribution in [2.45, 2.75) is 6.54 Å². The van der Waals surface area contributed by atoms with E-state index < -0.39 is 5.97 Å². The maximum Gasteiger partial charge on any atom is 0.336 e. The van der Waals surface area contributed by atoms with E-state index in [1.165, 1.54) is 0 Å². The minimum absolute atomic E-state index is 0.277. The highest BCUT2D eigenvalue weighted by atomic mass is 35.5. The zero-order chi connectivity index (χ0) is 14.5. The summed E-state index contributed by atoms with van der Waals surface area (Å²) in [5.74, 6) is -0.262. The molecule has 0 amide bonds. The van der Waals surface area contributed by atoms with Gasteiger partial charge in [-0.25, -0.2) is 4.79 Å². The molecule has 0 aliphatic carbocycles. The molecule has 20 heavy (non-hydrogen) atoms. The number of aromatic carboxylic acids is 1. The fourth-order valence-corrected chi connectivity index (χ4v) is 2.02. The van der Waals surface area contributed by atoms with Gasteiger partial charge in [-0.2, -0.15) is 0 Å². The van der Waals surface area contributed by atoms with Gasteiger partial charge in [-0.15, -0.1) is 0 Å². The minimum Gasteiger partial charge on any atom is -0.497 e. The van der Waals surface area contributed by atoms with Crippen LogP contribution in [0.2, 0.25) is 5.02 Å². The van der Waals surface area contributed by atoms with Gasteiger partial charge in [0.15, 0.2) is 0 Å². The molecule has 0 heterocycles. The van der Waals surface area contributed by atoms with Crippen molar-refractivity contribution in [3.63, 3.8) is 0 Å². The molecule has 2 aromatic carbocycles. The Balaban J connectivity index is 2.19. The molecule has 0 aromatic heterocycles. The summed E-state index contributed by atoms with van der Waals surface area (Å²) in [5.41, 5.74) is 1.67. The van der Waals surface area contributed by atoms with Gasteiger partial charge in [0.25, 0.3) is 0 Å². The summed E-state index contributed by atoms with van der Waals surface area (Å²) in [5, 5.41) is 12.8. The molecule has 0 atom stereocenters. The number of carboxylic acid groups (broad SMARTS) is 1. The molecule has 0 aliphatic rings. The fraction of sp³-hybridized carbons (Fsp3) is 0.133. The van der Waals surface area contributed by atoms with Crippen molar-refractivity contribution in [1.29, 1.82) is 0 Å². The Morgan fingerprint density at radius 3 is 2.75 bits per heavy atom. The molecule has 0 saturated carbocycles. The monoisotopic (exact) mass is 291 g/mol. The minimum atomic E-state index is -0.945. The molecular weight excluding hydrogens is 278 g/mol. The third kappa shape index (κ3) is 3.22. The lowest BCUT2D eigenvalue weighted by atomic mass is 10.1. The number of anilines is 1. The average Bonchev–Trinajstić information content (AvgIpc) is 2.46. The van der Waals surface area contributed by atoms with Gasteiger partial charge in [0, 0.05) is 12.6 Å². The largest absolute Gasteiger partial charge is 0.497 e. The quantitative estimate of drug-likeness (QED) is 0.882. The lowest BCUT2D eigenvalue weighted by Gasteiger charge is -2.11. The number of nitrogens with one attached hydrogen (secondary N) is 1. The summed E-state index contributed by atoms with van der Waals surface area (Å²) in [4.78, 5) is 11.1. The summed E-state index contributed by atoms with van der Waals surface area (Å²) in [6, 6.07) is 12.1. The van der Waals surface area contributed by atoms with Crippen LogP contribution in [-0.4, -0.2) is 18.2 Å². The van der Waals surface area contributed by atoms with Gasteiger partial charge in [0.05, 0.1) is 23.4 Å². The van der Waals surface area contributed by atoms with Gasteiger partial charge in [-0.3, -0.25) is 0 Å². The van der Waals surface area contributed by atoms with E-state index in [1.807, 2.05) is 0 Å². The van der Waals surface area contributed by atoms with E-state index in [-0.39, 0.29) is 5.56 Å². The molecule has 0 saturated heterocycles. The first-order valence-corrected chi connectivity index (χ1v) is 6.38. The van der Waals surface area contributed by atoms with Crippen molar-refractivity contribution < 1.29 is 14.6 Å². The van der Waals surface area contributed by atoms with Crippen molar-refractivity contribution in [3.8, 4) is 5.75 Å². The lowest BCUT2D eigenvalue weighted by Crippen LogP contribution is -2.07. The Labute approximate surface area is 122 Å². The molecule has 4 nitrogen and oxygen atoms in total. The molecule has 2 N–H and O–H groups in total. The predicted octanol–water partition coefficient (Wildman–Crippen LogP) is 3.66. The van der Waals surface area contributed by atoms with E-state index in [0.717, 1.165) is 0 Å². The Kier molecular flexibility index (Phi) is 4.48. The van der Waals surface area contributed by atoms with Gasteiger partial charge in [-0.1, -0.05) is 29.8 Å². The molecule has 0 aliphatic heterocycles. The number of ether oxygens (including phenoxy) is 1. The van der Waals surface area contributed by atoms with Crippen LogP contribution in [0, 0.1) is 0 Å². The fourth-order valence-electron chi connectivity index (χ4n) is 1.84. The first-order chi connectivity index (χ1) is 9.61. The summed E-state index contributed by atoms with van der Waals surface area (Å²) < 4.78 is 5.13. The van der Waals surface area contributed by atoms with Gasteiger partial charge < -0.3 is 15.2 Å². The molecule has 0 spiro atoms. The van der Waals surface area contributed by atoms with E-state index in [9.17, 15) is 4.79 Å². The van der Waals surface area contributed by atoms with Crippen LogP contribution < -0.4 is 10.1 Å². The van der Waals surface area contributed by atoms with Crippen molar-refractivity contribution >= 4 is 23.3 Å². The SMILES string of the molecule is COc1ccc(Cl)c(NCc2ccccc2C(=O)O)c1. The normalized spacial score (nSPS) is 10.1. The van der Waals surface area contributed by atoms with Crippen LogP contribution >= 0.6 is 11.6 Å². The zero-order valence-corrected chi connectivity index (χ0v) is 11.6. The second-order valence-electron chi connectivity index (χ2n) is 4.16. The van der Waals surface area contributed by atoms with E-state index in [2.05, 4.69) is 5.32 Å². The molecule has 0 fully saturated rings. The Morgan fingerprint density at radius 2 is 2.05 bits per heavy atom. The van der Waals surface area contributed by atoms with E-state index >= 15 is 0 Å². The smallest absolute Gasteiger partial charge is 0.336 e. The van der Waals surface area contributed by atoms with Crippen LogP contribution in [0.1, 0.15) is 15.9 Å². The van der Waals surface area contributed by atoms with Crippen LogP contribution in [0.3, 0.4) is 0 Å². The number of rotatable bonds is 5. The summed E-state index contributed by atoms with van der Waals surface area (Å²) in [6.07, 6.45) is 0. The maximum atomic E-state index is 11.1. The number of carboxylic acids is 1. The van der Waals surface area contributed by atoms with Crippen molar-refractivity contribution in [2.75, 3.05) is 12.4 Å². The van der Waals surface area contributed by atoms with Crippen molar-refractivity contribution in [1.82, 2.24) is 0 Å². The zero-order valence-electron chi connectivity index (χ0n) is 10.9. The van der Waals surface area contributed by atoms with Gasteiger partial charge >= 0.3 is 5.97 Å². The van der Waals surface area contributed by atoms with E-state index in [1.54, 1.807) is 49.6 Å². The van der Waals surface area contributed by atoms with Crippen LogP contribution in [0.5, 0.6) is 5.75 Å². The van der Waals surface area contributed by atoms with E-state index in [4.69, 9.17) is 21.4 Å². The second kappa shape index (κ2) is 6.30. The third-order valence-electron chi connectivity index (χ3n) is 2.89. The lowest BCUT2D eigenvalue weighted by molar-refractivity contribution is 0.0696. The number of carbonyl (C=O) groups is 1. The van der Waals surface area contributed by atoms with Gasteiger partial charge in [0.1, 0.15) is 5.75 Å². The molecule has 2 aromatic rings. The number of methoxy groups -OCH3 is 1. The number of hydrogen-bond donors (Lipinski definition) is 2. The summed E-state index contributed by atoms with van der Waals surface area (Å²) in [7, 11) is 1.58. The molecule has 0 unspecified atom stereocenters. The first-order valence-electron chi connectivity index (χ1n) is 6.00. The van der Waals surface area contributed by atoms with Crippen LogP contribution in [0.15, 0.2) is 42.5 Å². The highest BCUT2D eigenvalue weighted by molar-refractivity contribution is 6.33. The Morgan fingerprint density at radius 1 is 1.30 bits per heavy atom. The van der Waals surface area contributed by atoms with E-state index in [0.29, 0.717) is 28.6 Å². The molecule has 0 bridgehead atoms. The Hall–Kier alpha value is -2.20. The Bertz CT molecular complexity index is 628. The maximum absolute atomic E-state index is 11.1. The highest BCUT2D eigenvalue weighted by Gasteiger charge is 2.09. The average molecular weight is 292 g/mol. The first kappa shape index (κ1) is 14.2. The topological polar surface area (TPSA) is 58.6 Å². The third-order valence-corrected chi connectivity index (χ3v) is 3.22. The van der Waals surface area contributed by atoms with Gasteiger partial charge in [-0.05, 0) is 23.8 Å². The number of halogens is 1.